The third-order valence-corrected chi connectivity index (χ3v) is 3.55. The molecule has 1 aromatic rings. The van der Waals surface area contributed by atoms with Crippen LogP contribution in [0.25, 0.3) is 5.57 Å². The molecule has 1 aliphatic carbocycles. The van der Waals surface area contributed by atoms with E-state index >= 15 is 0 Å². The van der Waals surface area contributed by atoms with Crippen LogP contribution in [0.1, 0.15) is 24.8 Å². The fourth-order valence-electron chi connectivity index (χ4n) is 2.73. The molecule has 0 spiro atoms. The van der Waals surface area contributed by atoms with Gasteiger partial charge in [0, 0.05) is 6.54 Å². The zero-order valence-electron chi connectivity index (χ0n) is 11.6. The number of nitrogens with zero attached hydrogens (tertiary/aromatic N) is 1. The Bertz CT molecular complexity index is 423. The lowest BCUT2D eigenvalue weighted by Crippen LogP contribution is -2.24. The summed E-state index contributed by atoms with van der Waals surface area (Å²) in [6.45, 7) is 1.13. The van der Waals surface area contributed by atoms with Gasteiger partial charge in [-0.25, -0.2) is 0 Å². The van der Waals surface area contributed by atoms with Gasteiger partial charge in [0.1, 0.15) is 5.75 Å². The van der Waals surface area contributed by atoms with Crippen molar-refractivity contribution < 1.29 is 4.74 Å². The molecule has 0 saturated carbocycles. The third-order valence-electron chi connectivity index (χ3n) is 3.55. The molecule has 0 aromatic heterocycles. The van der Waals surface area contributed by atoms with E-state index in [-0.39, 0.29) is 0 Å². The number of methoxy groups -OCH3 is 1. The molecule has 0 aliphatic heterocycles. The van der Waals surface area contributed by atoms with E-state index in [2.05, 4.69) is 43.3 Å². The Kier molecular flexibility index (Phi) is 4.43. The molecule has 0 bridgehead atoms. The first-order valence-electron chi connectivity index (χ1n) is 6.70. The first-order valence-corrected chi connectivity index (χ1v) is 6.70. The highest BCUT2D eigenvalue weighted by Gasteiger charge is 2.19. The minimum absolute atomic E-state index is 0.654. The van der Waals surface area contributed by atoms with Crippen molar-refractivity contribution in [1.29, 1.82) is 0 Å². The van der Waals surface area contributed by atoms with Gasteiger partial charge in [-0.2, -0.15) is 0 Å². The van der Waals surface area contributed by atoms with E-state index in [9.17, 15) is 0 Å². The summed E-state index contributed by atoms with van der Waals surface area (Å²) >= 11 is 0. The Morgan fingerprint density at radius 3 is 2.89 bits per heavy atom. The monoisotopic (exact) mass is 245 g/mol. The first-order chi connectivity index (χ1) is 8.70. The van der Waals surface area contributed by atoms with Gasteiger partial charge in [0.15, 0.2) is 0 Å². The van der Waals surface area contributed by atoms with Gasteiger partial charge in [-0.05, 0) is 62.5 Å². The number of hydrogen-bond donors (Lipinski definition) is 0. The Hall–Kier alpha value is -1.28. The van der Waals surface area contributed by atoms with E-state index in [1.165, 1.54) is 30.4 Å². The average molecular weight is 245 g/mol. The Balaban J connectivity index is 2.25. The molecule has 0 saturated heterocycles. The van der Waals surface area contributed by atoms with Gasteiger partial charge >= 0.3 is 0 Å². The molecule has 98 valence electrons. The van der Waals surface area contributed by atoms with Crippen molar-refractivity contribution in [3.63, 3.8) is 0 Å². The molecule has 0 amide bonds. The number of rotatable bonds is 4. The van der Waals surface area contributed by atoms with Crippen molar-refractivity contribution in [2.75, 3.05) is 27.7 Å². The van der Waals surface area contributed by atoms with Gasteiger partial charge in [-0.1, -0.05) is 18.2 Å². The van der Waals surface area contributed by atoms with Crippen LogP contribution in [-0.2, 0) is 0 Å². The van der Waals surface area contributed by atoms with Gasteiger partial charge in [0.2, 0.25) is 0 Å². The van der Waals surface area contributed by atoms with E-state index in [0.717, 1.165) is 12.3 Å². The molecular formula is C16H23NO. The summed E-state index contributed by atoms with van der Waals surface area (Å²) in [6.07, 6.45) is 6.22. The molecule has 0 radical (unpaired) electrons. The number of ether oxygens (including phenoxy) is 1. The molecule has 1 atom stereocenters. The molecule has 18 heavy (non-hydrogen) atoms. The van der Waals surface area contributed by atoms with Gasteiger partial charge in [-0.15, -0.1) is 0 Å². The lowest BCUT2D eigenvalue weighted by Gasteiger charge is -2.27. The Morgan fingerprint density at radius 2 is 2.17 bits per heavy atom. The zero-order valence-corrected chi connectivity index (χ0v) is 11.6. The molecule has 0 N–H and O–H groups in total. The third kappa shape index (κ3) is 3.14. The van der Waals surface area contributed by atoms with Crippen LogP contribution >= 0.6 is 0 Å². The highest BCUT2D eigenvalue weighted by Crippen LogP contribution is 2.34. The molecule has 0 unspecified atom stereocenters. The number of benzene rings is 1. The van der Waals surface area contributed by atoms with Crippen molar-refractivity contribution in [3.8, 4) is 5.75 Å². The molecular weight excluding hydrogens is 222 g/mol. The van der Waals surface area contributed by atoms with Crippen LogP contribution in [0.15, 0.2) is 30.3 Å². The highest BCUT2D eigenvalue weighted by molar-refractivity contribution is 5.69. The second kappa shape index (κ2) is 6.05. The van der Waals surface area contributed by atoms with E-state index in [1.807, 2.05) is 6.07 Å². The van der Waals surface area contributed by atoms with Crippen LogP contribution in [-0.4, -0.2) is 32.6 Å². The molecule has 0 fully saturated rings. The van der Waals surface area contributed by atoms with Crippen LogP contribution in [0.4, 0.5) is 0 Å². The van der Waals surface area contributed by atoms with E-state index in [1.54, 1.807) is 7.11 Å². The van der Waals surface area contributed by atoms with Crippen molar-refractivity contribution in [2.45, 2.75) is 19.3 Å². The van der Waals surface area contributed by atoms with Crippen LogP contribution < -0.4 is 4.74 Å². The summed E-state index contributed by atoms with van der Waals surface area (Å²) in [5.74, 6) is 1.60. The predicted octanol–water partition coefficient (Wildman–Crippen LogP) is 3.44. The molecule has 1 aromatic carbocycles. The van der Waals surface area contributed by atoms with Gasteiger partial charge < -0.3 is 9.64 Å². The Labute approximate surface area is 110 Å². The quantitative estimate of drug-likeness (QED) is 0.805. The SMILES string of the molecule is COc1cccc(C2=CCCC[C@H]2CN(C)C)c1. The Morgan fingerprint density at radius 1 is 1.33 bits per heavy atom. The van der Waals surface area contributed by atoms with E-state index in [4.69, 9.17) is 4.74 Å². The summed E-state index contributed by atoms with van der Waals surface area (Å²) in [7, 11) is 6.03. The minimum Gasteiger partial charge on any atom is -0.497 e. The molecule has 2 heteroatoms. The number of allylic oxidation sites excluding steroid dienone is 1. The largest absolute Gasteiger partial charge is 0.497 e. The standard InChI is InChI=1S/C16H23NO/c1-17(2)12-14-7-4-5-10-16(14)13-8-6-9-15(11-13)18-3/h6,8-11,14H,4-5,7,12H2,1-3H3/t14-/m0/s1. The lowest BCUT2D eigenvalue weighted by molar-refractivity contribution is 0.346. The first kappa shape index (κ1) is 13.2. The predicted molar refractivity (Wildman–Crippen MR) is 76.9 cm³/mol. The maximum Gasteiger partial charge on any atom is 0.119 e. The maximum atomic E-state index is 5.32. The van der Waals surface area contributed by atoms with Gasteiger partial charge in [-0.3, -0.25) is 0 Å². The average Bonchev–Trinajstić information content (AvgIpc) is 2.39. The molecule has 2 rings (SSSR count). The summed E-state index contributed by atoms with van der Waals surface area (Å²) in [4.78, 5) is 2.28. The van der Waals surface area contributed by atoms with Crippen molar-refractivity contribution in [1.82, 2.24) is 4.90 Å². The van der Waals surface area contributed by atoms with E-state index < -0.39 is 0 Å². The molecule has 1 aliphatic rings. The number of hydrogen-bond acceptors (Lipinski definition) is 2. The fraction of sp³-hybridized carbons (Fsp3) is 0.500. The summed E-state index contributed by atoms with van der Waals surface area (Å²) in [5, 5.41) is 0. The van der Waals surface area contributed by atoms with Gasteiger partial charge in [0.25, 0.3) is 0 Å². The normalized spacial score (nSPS) is 19.8. The topological polar surface area (TPSA) is 12.5 Å². The smallest absolute Gasteiger partial charge is 0.119 e. The lowest BCUT2D eigenvalue weighted by atomic mass is 9.83. The summed E-state index contributed by atoms with van der Waals surface area (Å²) < 4.78 is 5.32. The second-order valence-electron chi connectivity index (χ2n) is 5.28. The van der Waals surface area contributed by atoms with Crippen molar-refractivity contribution in [2.24, 2.45) is 5.92 Å². The minimum atomic E-state index is 0.654. The van der Waals surface area contributed by atoms with Gasteiger partial charge in [0.05, 0.1) is 7.11 Å². The maximum absolute atomic E-state index is 5.32. The van der Waals surface area contributed by atoms with Crippen LogP contribution in [0, 0.1) is 5.92 Å². The van der Waals surface area contributed by atoms with Crippen molar-refractivity contribution >= 4 is 5.57 Å². The fourth-order valence-corrected chi connectivity index (χ4v) is 2.73. The zero-order chi connectivity index (χ0) is 13.0. The van der Waals surface area contributed by atoms with Crippen molar-refractivity contribution in [3.05, 3.63) is 35.9 Å². The van der Waals surface area contributed by atoms with E-state index in [0.29, 0.717) is 5.92 Å². The van der Waals surface area contributed by atoms with Crippen LogP contribution in [0.3, 0.4) is 0 Å². The second-order valence-corrected chi connectivity index (χ2v) is 5.28. The molecule has 0 heterocycles. The van der Waals surface area contributed by atoms with Crippen LogP contribution in [0.2, 0.25) is 0 Å². The van der Waals surface area contributed by atoms with Crippen LogP contribution in [0.5, 0.6) is 5.75 Å². The summed E-state index contributed by atoms with van der Waals surface area (Å²) in [5.41, 5.74) is 2.81. The summed E-state index contributed by atoms with van der Waals surface area (Å²) in [6, 6.07) is 8.44. The molecule has 2 nitrogen and oxygen atoms in total. The highest BCUT2D eigenvalue weighted by atomic mass is 16.5.